The Morgan fingerprint density at radius 2 is 2.06 bits per heavy atom. The van der Waals surface area contributed by atoms with Gasteiger partial charge in [0.05, 0.1) is 5.92 Å². The van der Waals surface area contributed by atoms with E-state index in [2.05, 4.69) is 5.16 Å². The van der Waals surface area contributed by atoms with Crippen LogP contribution in [-0.2, 0) is 4.79 Å². The number of anilines is 1. The monoisotopic (exact) mass is 235 g/mol. The number of carbonyl (C=O) groups is 1. The van der Waals surface area contributed by atoms with E-state index in [0.717, 1.165) is 11.3 Å². The van der Waals surface area contributed by atoms with E-state index >= 15 is 0 Å². The SMILES string of the molecule is Cc1ccccc1N(C)C(=O)C(C)C(N)=NO. The molecule has 0 aromatic heterocycles. The summed E-state index contributed by atoms with van der Waals surface area (Å²) in [6, 6.07) is 7.55. The van der Waals surface area contributed by atoms with Crippen LogP contribution < -0.4 is 10.6 Å². The topological polar surface area (TPSA) is 78.9 Å². The van der Waals surface area contributed by atoms with Crippen molar-refractivity contribution in [3.8, 4) is 0 Å². The normalized spacial score (nSPS) is 13.2. The van der Waals surface area contributed by atoms with Crippen molar-refractivity contribution in [1.29, 1.82) is 0 Å². The Hall–Kier alpha value is -2.04. The zero-order chi connectivity index (χ0) is 13.0. The molecule has 0 aliphatic rings. The smallest absolute Gasteiger partial charge is 0.237 e. The van der Waals surface area contributed by atoms with Crippen molar-refractivity contribution in [1.82, 2.24) is 0 Å². The van der Waals surface area contributed by atoms with Crippen LogP contribution >= 0.6 is 0 Å². The second-order valence-corrected chi connectivity index (χ2v) is 3.93. The van der Waals surface area contributed by atoms with E-state index in [0.29, 0.717) is 0 Å². The minimum Gasteiger partial charge on any atom is -0.409 e. The molecule has 0 aliphatic carbocycles. The van der Waals surface area contributed by atoms with E-state index in [4.69, 9.17) is 10.9 Å². The van der Waals surface area contributed by atoms with Crippen LogP contribution in [0.25, 0.3) is 0 Å². The summed E-state index contributed by atoms with van der Waals surface area (Å²) in [6.07, 6.45) is 0. The largest absolute Gasteiger partial charge is 0.409 e. The van der Waals surface area contributed by atoms with E-state index < -0.39 is 5.92 Å². The predicted molar refractivity (Wildman–Crippen MR) is 67.2 cm³/mol. The summed E-state index contributed by atoms with van der Waals surface area (Å²) < 4.78 is 0. The van der Waals surface area contributed by atoms with Gasteiger partial charge in [0.25, 0.3) is 0 Å². The first-order chi connectivity index (χ1) is 7.99. The van der Waals surface area contributed by atoms with Crippen molar-refractivity contribution in [2.45, 2.75) is 13.8 Å². The van der Waals surface area contributed by atoms with Crippen molar-refractivity contribution in [2.24, 2.45) is 16.8 Å². The number of amidine groups is 1. The molecule has 0 saturated heterocycles. The van der Waals surface area contributed by atoms with Crippen LogP contribution in [0, 0.1) is 12.8 Å². The maximum absolute atomic E-state index is 12.1. The molecule has 1 amide bonds. The van der Waals surface area contributed by atoms with Crippen molar-refractivity contribution < 1.29 is 10.0 Å². The highest BCUT2D eigenvalue weighted by atomic mass is 16.4. The summed E-state index contributed by atoms with van der Waals surface area (Å²) in [5.41, 5.74) is 7.23. The lowest BCUT2D eigenvalue weighted by atomic mass is 10.1. The van der Waals surface area contributed by atoms with E-state index in [9.17, 15) is 4.79 Å². The number of nitrogens with two attached hydrogens (primary N) is 1. The number of aryl methyl sites for hydroxylation is 1. The molecule has 3 N–H and O–H groups in total. The van der Waals surface area contributed by atoms with Crippen LogP contribution in [0.2, 0.25) is 0 Å². The highest BCUT2D eigenvalue weighted by molar-refractivity contribution is 6.08. The number of amides is 1. The first-order valence-corrected chi connectivity index (χ1v) is 5.29. The molecule has 92 valence electrons. The van der Waals surface area contributed by atoms with Crippen LogP contribution in [0.4, 0.5) is 5.69 Å². The molecule has 0 fully saturated rings. The van der Waals surface area contributed by atoms with Gasteiger partial charge in [0, 0.05) is 12.7 Å². The third-order valence-corrected chi connectivity index (χ3v) is 2.74. The molecular formula is C12H17N3O2. The van der Waals surface area contributed by atoms with Gasteiger partial charge < -0.3 is 15.8 Å². The Morgan fingerprint density at radius 3 is 2.59 bits per heavy atom. The third kappa shape index (κ3) is 2.75. The first kappa shape index (κ1) is 13.0. The number of nitrogens with zero attached hydrogens (tertiary/aromatic N) is 2. The molecular weight excluding hydrogens is 218 g/mol. The predicted octanol–water partition coefficient (Wildman–Crippen LogP) is 1.34. The Kier molecular flexibility index (Phi) is 4.09. The van der Waals surface area contributed by atoms with E-state index in [1.54, 1.807) is 14.0 Å². The number of rotatable bonds is 3. The lowest BCUT2D eigenvalue weighted by Gasteiger charge is -2.22. The van der Waals surface area contributed by atoms with Crippen molar-refractivity contribution in [2.75, 3.05) is 11.9 Å². The molecule has 1 unspecified atom stereocenters. The number of hydrogen-bond donors (Lipinski definition) is 2. The Bertz CT molecular complexity index is 443. The lowest BCUT2D eigenvalue weighted by Crippen LogP contribution is -2.38. The molecule has 0 bridgehead atoms. The fourth-order valence-electron chi connectivity index (χ4n) is 1.56. The average molecular weight is 235 g/mol. The van der Waals surface area contributed by atoms with E-state index in [-0.39, 0.29) is 11.7 Å². The van der Waals surface area contributed by atoms with Crippen molar-refractivity contribution in [3.05, 3.63) is 29.8 Å². The number of benzene rings is 1. The van der Waals surface area contributed by atoms with Crippen LogP contribution in [0.3, 0.4) is 0 Å². The van der Waals surface area contributed by atoms with E-state index in [1.165, 1.54) is 4.90 Å². The standard InChI is InChI=1S/C12H17N3O2/c1-8-6-4-5-7-10(8)15(3)12(16)9(2)11(13)14-17/h4-7,9,17H,1-3H3,(H2,13,14). The molecule has 17 heavy (non-hydrogen) atoms. The molecule has 0 aliphatic heterocycles. The van der Waals surface area contributed by atoms with Crippen LogP contribution in [-0.4, -0.2) is 24.0 Å². The van der Waals surface area contributed by atoms with Gasteiger partial charge in [-0.3, -0.25) is 4.79 Å². The third-order valence-electron chi connectivity index (χ3n) is 2.74. The summed E-state index contributed by atoms with van der Waals surface area (Å²) in [5, 5.41) is 11.4. The van der Waals surface area contributed by atoms with Gasteiger partial charge in [-0.1, -0.05) is 23.4 Å². The molecule has 5 nitrogen and oxygen atoms in total. The van der Waals surface area contributed by atoms with Gasteiger partial charge in [-0.05, 0) is 25.5 Å². The second kappa shape index (κ2) is 5.34. The minimum atomic E-state index is -0.649. The Morgan fingerprint density at radius 1 is 1.47 bits per heavy atom. The zero-order valence-corrected chi connectivity index (χ0v) is 10.2. The highest BCUT2D eigenvalue weighted by Gasteiger charge is 2.22. The molecule has 0 saturated carbocycles. The fraction of sp³-hybridized carbons (Fsp3) is 0.333. The second-order valence-electron chi connectivity index (χ2n) is 3.93. The summed E-state index contributed by atoms with van der Waals surface area (Å²) >= 11 is 0. The van der Waals surface area contributed by atoms with Crippen LogP contribution in [0.15, 0.2) is 29.4 Å². The molecule has 1 atom stereocenters. The average Bonchev–Trinajstić information content (AvgIpc) is 2.35. The lowest BCUT2D eigenvalue weighted by molar-refractivity contribution is -0.119. The van der Waals surface area contributed by atoms with Gasteiger partial charge in [0.1, 0.15) is 0 Å². The number of para-hydroxylation sites is 1. The molecule has 5 heteroatoms. The maximum atomic E-state index is 12.1. The molecule has 0 radical (unpaired) electrons. The summed E-state index contributed by atoms with van der Waals surface area (Å²) in [4.78, 5) is 13.6. The minimum absolute atomic E-state index is 0.0876. The molecule has 0 heterocycles. The number of hydrogen-bond acceptors (Lipinski definition) is 3. The van der Waals surface area contributed by atoms with Crippen molar-refractivity contribution >= 4 is 17.4 Å². The van der Waals surface area contributed by atoms with E-state index in [1.807, 2.05) is 31.2 Å². The Labute approximate surface area is 101 Å². The molecule has 1 rings (SSSR count). The van der Waals surface area contributed by atoms with Crippen LogP contribution in [0.5, 0.6) is 0 Å². The summed E-state index contributed by atoms with van der Waals surface area (Å²) in [5.74, 6) is -0.949. The summed E-state index contributed by atoms with van der Waals surface area (Å²) in [7, 11) is 1.67. The van der Waals surface area contributed by atoms with Gasteiger partial charge in [-0.2, -0.15) is 0 Å². The number of carbonyl (C=O) groups excluding carboxylic acids is 1. The van der Waals surface area contributed by atoms with Crippen molar-refractivity contribution in [3.63, 3.8) is 0 Å². The highest BCUT2D eigenvalue weighted by Crippen LogP contribution is 2.19. The van der Waals surface area contributed by atoms with Crippen LogP contribution in [0.1, 0.15) is 12.5 Å². The quantitative estimate of drug-likeness (QED) is 0.359. The molecule has 1 aromatic carbocycles. The van der Waals surface area contributed by atoms with Gasteiger partial charge in [0.2, 0.25) is 5.91 Å². The number of oxime groups is 1. The fourth-order valence-corrected chi connectivity index (χ4v) is 1.56. The first-order valence-electron chi connectivity index (χ1n) is 5.29. The van der Waals surface area contributed by atoms with Gasteiger partial charge in [-0.25, -0.2) is 0 Å². The van der Waals surface area contributed by atoms with Gasteiger partial charge >= 0.3 is 0 Å². The summed E-state index contributed by atoms with van der Waals surface area (Å²) in [6.45, 7) is 3.53. The zero-order valence-electron chi connectivity index (χ0n) is 10.2. The van der Waals surface area contributed by atoms with Gasteiger partial charge in [0.15, 0.2) is 5.84 Å². The molecule has 1 aromatic rings. The Balaban J connectivity index is 2.95. The molecule has 0 spiro atoms. The maximum Gasteiger partial charge on any atom is 0.237 e. The van der Waals surface area contributed by atoms with Gasteiger partial charge in [-0.15, -0.1) is 0 Å².